The van der Waals surface area contributed by atoms with Gasteiger partial charge in [0.1, 0.15) is 11.4 Å². The molecule has 0 unspecified atom stereocenters. The number of ether oxygens (including phenoxy) is 1. The third kappa shape index (κ3) is 4.85. The van der Waals surface area contributed by atoms with Crippen molar-refractivity contribution in [3.8, 4) is 17.1 Å². The van der Waals surface area contributed by atoms with Crippen LogP contribution in [-0.4, -0.2) is 54.2 Å². The Morgan fingerprint density at radius 1 is 0.895 bits per heavy atom. The summed E-state index contributed by atoms with van der Waals surface area (Å²) in [6.45, 7) is 7.05. The molecule has 0 aliphatic carbocycles. The second-order valence-corrected chi connectivity index (χ2v) is 9.65. The molecule has 3 heterocycles. The first kappa shape index (κ1) is 24.1. The predicted molar refractivity (Wildman–Crippen MR) is 151 cm³/mol. The van der Waals surface area contributed by atoms with Crippen molar-refractivity contribution < 1.29 is 9.15 Å². The number of rotatable bonds is 7. The monoisotopic (exact) mass is 506 g/mol. The number of aryl methyl sites for hydroxylation is 1. The van der Waals surface area contributed by atoms with Crippen molar-refractivity contribution in [3.05, 3.63) is 94.8 Å². The Balaban J connectivity index is 1.10. The van der Waals surface area contributed by atoms with Crippen molar-refractivity contribution >= 4 is 27.8 Å². The highest BCUT2D eigenvalue weighted by Gasteiger charge is 2.20. The molecule has 0 saturated carbocycles. The van der Waals surface area contributed by atoms with Gasteiger partial charge in [-0.2, -0.15) is 0 Å². The first-order valence-electron chi connectivity index (χ1n) is 13.1. The molecule has 6 rings (SSSR count). The molecule has 38 heavy (non-hydrogen) atoms. The van der Waals surface area contributed by atoms with Crippen molar-refractivity contribution in [1.82, 2.24) is 14.9 Å². The molecule has 3 aromatic carbocycles. The molecule has 192 valence electrons. The molecular formula is C31H30N4O3. The van der Waals surface area contributed by atoms with E-state index in [1.807, 2.05) is 79.9 Å². The summed E-state index contributed by atoms with van der Waals surface area (Å²) in [6.07, 6.45) is 2.68. The number of anilines is 1. The normalized spacial score (nSPS) is 14.3. The van der Waals surface area contributed by atoms with Gasteiger partial charge in [-0.3, -0.25) is 14.7 Å². The van der Waals surface area contributed by atoms with E-state index in [9.17, 15) is 4.79 Å². The van der Waals surface area contributed by atoms with E-state index in [0.717, 1.165) is 67.1 Å². The van der Waals surface area contributed by atoms with Crippen LogP contribution in [0.3, 0.4) is 0 Å². The highest BCUT2D eigenvalue weighted by Crippen LogP contribution is 2.33. The minimum atomic E-state index is -0.129. The number of hydrogen-bond acceptors (Lipinski definition) is 7. The maximum absolute atomic E-state index is 13.4. The highest BCUT2D eigenvalue weighted by molar-refractivity contribution is 5.82. The van der Waals surface area contributed by atoms with E-state index in [1.165, 1.54) is 0 Å². The molecule has 1 fully saturated rings. The predicted octanol–water partition coefficient (Wildman–Crippen LogP) is 5.30. The van der Waals surface area contributed by atoms with Gasteiger partial charge in [0.2, 0.25) is 11.2 Å². The SMILES string of the molecule is Cc1ccccc1-c1oc2ccccc2c(=O)c1OCCCN1CCN(c2cnc3ccccc3n2)CC1. The number of hydrogen-bond donors (Lipinski definition) is 0. The summed E-state index contributed by atoms with van der Waals surface area (Å²) in [6, 6.07) is 23.2. The lowest BCUT2D eigenvalue weighted by atomic mass is 10.0. The van der Waals surface area contributed by atoms with Gasteiger partial charge in [-0.15, -0.1) is 0 Å². The van der Waals surface area contributed by atoms with E-state index in [-0.39, 0.29) is 11.2 Å². The van der Waals surface area contributed by atoms with Crippen molar-refractivity contribution in [1.29, 1.82) is 0 Å². The summed E-state index contributed by atoms with van der Waals surface area (Å²) in [5.41, 5.74) is 4.18. The maximum Gasteiger partial charge on any atom is 0.235 e. The fourth-order valence-corrected chi connectivity index (χ4v) is 5.02. The second kappa shape index (κ2) is 10.6. The van der Waals surface area contributed by atoms with Crippen molar-refractivity contribution in [2.75, 3.05) is 44.2 Å². The number of benzene rings is 3. The molecule has 0 atom stereocenters. The molecule has 0 spiro atoms. The van der Waals surface area contributed by atoms with Crippen LogP contribution in [0.25, 0.3) is 33.3 Å². The fourth-order valence-electron chi connectivity index (χ4n) is 5.02. The zero-order valence-corrected chi connectivity index (χ0v) is 21.5. The maximum atomic E-state index is 13.4. The van der Waals surface area contributed by atoms with Gasteiger partial charge in [-0.1, -0.05) is 48.5 Å². The van der Waals surface area contributed by atoms with E-state index in [2.05, 4.69) is 14.8 Å². The van der Waals surface area contributed by atoms with Crippen LogP contribution in [0.5, 0.6) is 5.75 Å². The summed E-state index contributed by atoms with van der Waals surface area (Å²) >= 11 is 0. The van der Waals surface area contributed by atoms with Crippen LogP contribution in [0.4, 0.5) is 5.82 Å². The smallest absolute Gasteiger partial charge is 0.235 e. The van der Waals surface area contributed by atoms with Crippen LogP contribution in [0.15, 0.2) is 88.2 Å². The molecule has 1 saturated heterocycles. The Kier molecular flexibility index (Phi) is 6.75. The zero-order valence-electron chi connectivity index (χ0n) is 21.5. The molecule has 1 aliphatic heterocycles. The molecular weight excluding hydrogens is 476 g/mol. The number of para-hydroxylation sites is 3. The van der Waals surface area contributed by atoms with Crippen LogP contribution in [0.2, 0.25) is 0 Å². The molecule has 2 aromatic heterocycles. The summed E-state index contributed by atoms with van der Waals surface area (Å²) in [5.74, 6) is 1.72. The van der Waals surface area contributed by atoms with Gasteiger partial charge >= 0.3 is 0 Å². The van der Waals surface area contributed by atoms with E-state index in [1.54, 1.807) is 6.07 Å². The molecule has 0 bridgehead atoms. The van der Waals surface area contributed by atoms with Crippen LogP contribution in [0.1, 0.15) is 12.0 Å². The summed E-state index contributed by atoms with van der Waals surface area (Å²) in [5, 5.41) is 0.535. The first-order valence-corrected chi connectivity index (χ1v) is 13.1. The van der Waals surface area contributed by atoms with Crippen molar-refractivity contribution in [2.45, 2.75) is 13.3 Å². The van der Waals surface area contributed by atoms with Gasteiger partial charge in [0, 0.05) is 38.3 Å². The van der Waals surface area contributed by atoms with Gasteiger partial charge in [-0.25, -0.2) is 4.98 Å². The average Bonchev–Trinajstić information content (AvgIpc) is 2.96. The highest BCUT2D eigenvalue weighted by atomic mass is 16.5. The summed E-state index contributed by atoms with van der Waals surface area (Å²) < 4.78 is 12.4. The topological polar surface area (TPSA) is 71.7 Å². The Hall–Kier alpha value is -4.23. The molecule has 5 aromatic rings. The quantitative estimate of drug-likeness (QED) is 0.277. The average molecular weight is 507 g/mol. The van der Waals surface area contributed by atoms with Gasteiger partial charge in [0.15, 0.2) is 5.76 Å². The Morgan fingerprint density at radius 2 is 1.63 bits per heavy atom. The first-order chi connectivity index (χ1) is 18.7. The Labute approximate surface area is 221 Å². The van der Waals surface area contributed by atoms with Crippen LogP contribution >= 0.6 is 0 Å². The van der Waals surface area contributed by atoms with Crippen molar-refractivity contribution in [2.24, 2.45) is 0 Å². The number of nitrogens with zero attached hydrogens (tertiary/aromatic N) is 4. The summed E-state index contributed by atoms with van der Waals surface area (Å²) in [4.78, 5) is 27.4. The minimum Gasteiger partial charge on any atom is -0.486 e. The lowest BCUT2D eigenvalue weighted by molar-refractivity contribution is 0.223. The van der Waals surface area contributed by atoms with Crippen molar-refractivity contribution in [3.63, 3.8) is 0 Å². The fraction of sp³-hybridized carbons (Fsp3) is 0.258. The molecule has 7 heteroatoms. The third-order valence-corrected chi connectivity index (χ3v) is 7.14. The number of fused-ring (bicyclic) bond motifs is 2. The van der Waals surface area contributed by atoms with Gasteiger partial charge in [0.05, 0.1) is 29.2 Å². The van der Waals surface area contributed by atoms with Crippen LogP contribution in [0, 0.1) is 6.92 Å². The molecule has 0 radical (unpaired) electrons. The number of aromatic nitrogens is 2. The lowest BCUT2D eigenvalue weighted by Gasteiger charge is -2.35. The third-order valence-electron chi connectivity index (χ3n) is 7.14. The second-order valence-electron chi connectivity index (χ2n) is 9.65. The Bertz CT molecular complexity index is 1640. The minimum absolute atomic E-state index is 0.129. The van der Waals surface area contributed by atoms with Crippen LogP contribution < -0.4 is 15.1 Å². The van der Waals surface area contributed by atoms with E-state index < -0.39 is 0 Å². The Morgan fingerprint density at radius 3 is 2.47 bits per heavy atom. The molecule has 0 amide bonds. The molecule has 0 N–H and O–H groups in total. The lowest BCUT2D eigenvalue weighted by Crippen LogP contribution is -2.47. The largest absolute Gasteiger partial charge is 0.486 e. The summed E-state index contributed by atoms with van der Waals surface area (Å²) in [7, 11) is 0. The van der Waals surface area contributed by atoms with Gasteiger partial charge in [-0.05, 0) is 43.2 Å². The molecule has 1 aliphatic rings. The van der Waals surface area contributed by atoms with E-state index >= 15 is 0 Å². The van der Waals surface area contributed by atoms with Gasteiger partial charge in [0.25, 0.3) is 0 Å². The van der Waals surface area contributed by atoms with Crippen LogP contribution in [-0.2, 0) is 0 Å². The zero-order chi connectivity index (χ0) is 25.9. The van der Waals surface area contributed by atoms with E-state index in [0.29, 0.717) is 23.3 Å². The van der Waals surface area contributed by atoms with E-state index in [4.69, 9.17) is 14.1 Å². The molecule has 7 nitrogen and oxygen atoms in total. The van der Waals surface area contributed by atoms with Gasteiger partial charge < -0.3 is 14.1 Å². The number of piperazine rings is 1. The standard InChI is InChI=1S/C31H30N4O3/c1-22-9-2-3-10-23(22)30-31(29(36)24-11-4-7-14-27(24)38-30)37-20-8-15-34-16-18-35(19-17-34)28-21-32-25-12-5-6-13-26(25)33-28/h2-7,9-14,21H,8,15-20H2,1H3.